The quantitative estimate of drug-likeness (QED) is 0.596. The van der Waals surface area contributed by atoms with Crippen molar-refractivity contribution in [2.45, 2.75) is 6.54 Å². The second-order valence-electron chi connectivity index (χ2n) is 2.45. The van der Waals surface area contributed by atoms with Crippen LogP contribution >= 0.6 is 0 Å². The minimum atomic E-state index is -4.92. The van der Waals surface area contributed by atoms with Crippen LogP contribution in [0.1, 0.15) is 5.76 Å². The van der Waals surface area contributed by atoms with Crippen molar-refractivity contribution in [2.75, 3.05) is 7.05 Å². The first-order chi connectivity index (χ1) is 5.54. The van der Waals surface area contributed by atoms with Crippen LogP contribution in [0.3, 0.4) is 0 Å². The van der Waals surface area contributed by atoms with Gasteiger partial charge < -0.3 is 22.7 Å². The summed E-state index contributed by atoms with van der Waals surface area (Å²) >= 11 is 0. The summed E-state index contributed by atoms with van der Waals surface area (Å²) in [5.74, 6) is 0.298. The molecule has 0 bridgehead atoms. The minimum Gasteiger partial charge on any atom is -0.471 e. The summed E-state index contributed by atoms with van der Waals surface area (Å²) in [5, 5.41) is 2.69. The van der Waals surface area contributed by atoms with E-state index in [0.717, 1.165) is 12.3 Å². The maximum atomic E-state index is 12.0. The first-order valence-corrected chi connectivity index (χ1v) is 3.46. The molecule has 1 heterocycles. The molecule has 0 atom stereocenters. The SMILES string of the molecule is CNCc1cc([B-](F)(F)F)co1.[K+]. The summed E-state index contributed by atoms with van der Waals surface area (Å²) in [6, 6.07) is 1.01. The number of hydrogen-bond acceptors (Lipinski definition) is 2. The van der Waals surface area contributed by atoms with E-state index in [1.54, 1.807) is 7.05 Å². The summed E-state index contributed by atoms with van der Waals surface area (Å²) in [6.07, 6.45) is 0.743. The summed E-state index contributed by atoms with van der Waals surface area (Å²) in [7, 11) is 1.64. The van der Waals surface area contributed by atoms with Gasteiger partial charge in [0.05, 0.1) is 12.8 Å². The molecule has 0 aliphatic heterocycles. The molecule has 2 nitrogen and oxygen atoms in total. The third kappa shape index (κ3) is 4.18. The van der Waals surface area contributed by atoms with Crippen LogP contribution < -0.4 is 62.2 Å². The van der Waals surface area contributed by atoms with E-state index in [9.17, 15) is 12.9 Å². The predicted molar refractivity (Wildman–Crippen MR) is 40.2 cm³/mol. The largest absolute Gasteiger partial charge is 1.00 e. The molecule has 1 aromatic heterocycles. The molecule has 0 saturated carbocycles. The van der Waals surface area contributed by atoms with E-state index in [-0.39, 0.29) is 51.4 Å². The van der Waals surface area contributed by atoms with Crippen LogP contribution in [-0.2, 0) is 6.54 Å². The molecule has 0 aromatic carbocycles. The minimum absolute atomic E-state index is 0. The van der Waals surface area contributed by atoms with E-state index < -0.39 is 12.4 Å². The fourth-order valence-electron chi connectivity index (χ4n) is 0.836. The molecule has 0 fully saturated rings. The molecule has 0 unspecified atom stereocenters. The van der Waals surface area contributed by atoms with Gasteiger partial charge in [-0.05, 0) is 13.1 Å². The second kappa shape index (κ2) is 5.57. The average molecular weight is 217 g/mol. The van der Waals surface area contributed by atoms with Gasteiger partial charge in [0, 0.05) is 0 Å². The van der Waals surface area contributed by atoms with Gasteiger partial charge in [0.1, 0.15) is 5.76 Å². The molecule has 0 amide bonds. The van der Waals surface area contributed by atoms with Crippen molar-refractivity contribution in [3.63, 3.8) is 0 Å². The van der Waals surface area contributed by atoms with E-state index in [1.165, 1.54) is 0 Å². The molecule has 1 aromatic rings. The Hall–Kier alpha value is 0.731. The molecule has 1 N–H and O–H groups in total. The number of furan rings is 1. The second-order valence-corrected chi connectivity index (χ2v) is 2.45. The van der Waals surface area contributed by atoms with Crippen molar-refractivity contribution in [1.29, 1.82) is 0 Å². The number of hydrogen-bond donors (Lipinski definition) is 1. The third-order valence-corrected chi connectivity index (χ3v) is 1.40. The average Bonchev–Trinajstić information content (AvgIpc) is 2.35. The number of nitrogens with one attached hydrogen (secondary N) is 1. The summed E-state index contributed by atoms with van der Waals surface area (Å²) in [5.41, 5.74) is -0.680. The molecular weight excluding hydrogens is 209 g/mol. The first-order valence-electron chi connectivity index (χ1n) is 3.46. The van der Waals surface area contributed by atoms with Crippen LogP contribution in [-0.4, -0.2) is 14.0 Å². The van der Waals surface area contributed by atoms with Crippen molar-refractivity contribution in [1.82, 2.24) is 5.32 Å². The molecule has 0 saturated heterocycles. The maximum absolute atomic E-state index is 12.0. The van der Waals surface area contributed by atoms with Crippen molar-refractivity contribution >= 4 is 12.4 Å². The Morgan fingerprint density at radius 2 is 2.08 bits per heavy atom. The zero-order valence-corrected chi connectivity index (χ0v) is 10.6. The molecule has 0 aliphatic carbocycles. The van der Waals surface area contributed by atoms with Gasteiger partial charge in [0.2, 0.25) is 0 Å². The number of rotatable bonds is 3. The van der Waals surface area contributed by atoms with E-state index in [1.807, 2.05) is 0 Å². The fraction of sp³-hybridized carbons (Fsp3) is 0.333. The van der Waals surface area contributed by atoms with Gasteiger partial charge in [-0.3, -0.25) is 0 Å². The molecule has 1 rings (SSSR count). The predicted octanol–water partition coefficient (Wildman–Crippen LogP) is -1.94. The van der Waals surface area contributed by atoms with Crippen LogP contribution in [0, 0.1) is 0 Å². The summed E-state index contributed by atoms with van der Waals surface area (Å²) in [4.78, 5) is 0. The molecule has 0 aliphatic rings. The van der Waals surface area contributed by atoms with Crippen LogP contribution in [0.5, 0.6) is 0 Å². The topological polar surface area (TPSA) is 25.2 Å². The monoisotopic (exact) mass is 217 g/mol. The van der Waals surface area contributed by atoms with Gasteiger partial charge in [0.15, 0.2) is 0 Å². The zero-order chi connectivity index (χ0) is 9.19. The Morgan fingerprint density at radius 3 is 2.46 bits per heavy atom. The fourth-order valence-corrected chi connectivity index (χ4v) is 0.836. The van der Waals surface area contributed by atoms with Crippen molar-refractivity contribution in [3.8, 4) is 0 Å². The van der Waals surface area contributed by atoms with Crippen LogP contribution in [0.25, 0.3) is 0 Å². The smallest absolute Gasteiger partial charge is 0.471 e. The summed E-state index contributed by atoms with van der Waals surface area (Å²) < 4.78 is 40.7. The van der Waals surface area contributed by atoms with Gasteiger partial charge in [-0.25, -0.2) is 0 Å². The van der Waals surface area contributed by atoms with E-state index in [2.05, 4.69) is 9.73 Å². The van der Waals surface area contributed by atoms with Crippen LogP contribution in [0.15, 0.2) is 16.7 Å². The molecule has 0 spiro atoms. The molecule has 68 valence electrons. The molecule has 13 heavy (non-hydrogen) atoms. The maximum Gasteiger partial charge on any atom is 1.00 e. The van der Waals surface area contributed by atoms with Crippen molar-refractivity contribution < 1.29 is 68.7 Å². The first kappa shape index (κ1) is 13.7. The van der Waals surface area contributed by atoms with E-state index >= 15 is 0 Å². The van der Waals surface area contributed by atoms with E-state index in [4.69, 9.17) is 0 Å². The van der Waals surface area contributed by atoms with Gasteiger partial charge >= 0.3 is 58.4 Å². The van der Waals surface area contributed by atoms with E-state index in [0.29, 0.717) is 12.3 Å². The standard InChI is InChI=1S/C6H8BF3NO.K/c1-11-3-6-2-5(4-12-6)7(8,9)10;/h2,4,11H,3H2,1H3;/q-1;+1. The van der Waals surface area contributed by atoms with Crippen molar-refractivity contribution in [3.05, 3.63) is 18.1 Å². The third-order valence-electron chi connectivity index (χ3n) is 1.40. The molecular formula is C6H8BF3KNO. The van der Waals surface area contributed by atoms with Crippen LogP contribution in [0.4, 0.5) is 12.9 Å². The van der Waals surface area contributed by atoms with Gasteiger partial charge in [-0.2, -0.15) is 0 Å². The Labute approximate surface area is 117 Å². The molecule has 0 radical (unpaired) electrons. The number of halogens is 3. The van der Waals surface area contributed by atoms with Crippen molar-refractivity contribution in [2.24, 2.45) is 0 Å². The Balaban J connectivity index is 0.00000144. The Bertz CT molecular complexity index is 263. The van der Waals surface area contributed by atoms with Crippen LogP contribution in [0.2, 0.25) is 0 Å². The van der Waals surface area contributed by atoms with Gasteiger partial charge in [-0.15, -0.1) is 0 Å². The van der Waals surface area contributed by atoms with Gasteiger partial charge in [0.25, 0.3) is 0 Å². The Kier molecular flexibility index (Phi) is 5.89. The normalized spacial score (nSPS) is 11.1. The van der Waals surface area contributed by atoms with Gasteiger partial charge in [-0.1, -0.05) is 5.46 Å². The molecule has 7 heteroatoms. The summed E-state index contributed by atoms with van der Waals surface area (Å²) in [6.45, 7) is -4.61. The Morgan fingerprint density at radius 1 is 1.46 bits per heavy atom. The zero-order valence-electron chi connectivity index (χ0n) is 7.48.